The van der Waals surface area contributed by atoms with E-state index >= 15 is 0 Å². The van der Waals surface area contributed by atoms with Crippen LogP contribution >= 0.6 is 12.2 Å². The van der Waals surface area contributed by atoms with Crippen LogP contribution in [-0.2, 0) is 4.79 Å². The van der Waals surface area contributed by atoms with E-state index in [0.717, 1.165) is 5.56 Å². The molecule has 0 fully saturated rings. The van der Waals surface area contributed by atoms with Gasteiger partial charge in [0.1, 0.15) is 0 Å². The van der Waals surface area contributed by atoms with E-state index in [1.807, 2.05) is 32.0 Å². The Kier molecular flexibility index (Phi) is 3.76. The predicted molar refractivity (Wildman–Crippen MR) is 64.5 cm³/mol. The molecule has 0 aliphatic rings. The van der Waals surface area contributed by atoms with Gasteiger partial charge >= 0.3 is 0 Å². The van der Waals surface area contributed by atoms with Crippen molar-refractivity contribution < 1.29 is 4.79 Å². The summed E-state index contributed by atoms with van der Waals surface area (Å²) in [5.41, 5.74) is 5.12. The molecular formula is C10H13N3OS. The summed E-state index contributed by atoms with van der Waals surface area (Å²) in [7, 11) is 0. The van der Waals surface area contributed by atoms with Crippen molar-refractivity contribution in [1.29, 1.82) is 0 Å². The van der Waals surface area contributed by atoms with Crippen LogP contribution in [0.3, 0.4) is 0 Å². The molecule has 5 heteroatoms. The standard InChI is InChI=1S/C10H13N3OS/c1-6-3-4-8(5-7(6)2)12-9(14)10(15)13-11/h3-5H,11H2,1-2H3,(H,12,14)(H,13,15). The molecule has 4 N–H and O–H groups in total. The number of nitrogens with one attached hydrogen (secondary N) is 2. The number of hydrogen-bond donors (Lipinski definition) is 3. The summed E-state index contributed by atoms with van der Waals surface area (Å²) in [6.45, 7) is 3.98. The fourth-order valence-corrected chi connectivity index (χ4v) is 1.12. The van der Waals surface area contributed by atoms with Gasteiger partial charge in [-0.25, -0.2) is 5.84 Å². The number of amides is 1. The van der Waals surface area contributed by atoms with Crippen LogP contribution in [0.15, 0.2) is 18.2 Å². The van der Waals surface area contributed by atoms with Crippen molar-refractivity contribution in [2.75, 3.05) is 5.32 Å². The van der Waals surface area contributed by atoms with E-state index in [0.29, 0.717) is 5.69 Å². The molecular weight excluding hydrogens is 210 g/mol. The summed E-state index contributed by atoms with van der Waals surface area (Å²) in [6, 6.07) is 5.63. The maximum atomic E-state index is 11.3. The largest absolute Gasteiger partial charge is 0.320 e. The van der Waals surface area contributed by atoms with Gasteiger partial charge in [0.2, 0.25) is 0 Å². The first-order chi connectivity index (χ1) is 7.04. The van der Waals surface area contributed by atoms with Crippen molar-refractivity contribution in [2.24, 2.45) is 5.84 Å². The number of nitrogens with two attached hydrogens (primary N) is 1. The summed E-state index contributed by atoms with van der Waals surface area (Å²) in [5, 5.41) is 2.64. The SMILES string of the molecule is Cc1ccc(NC(=O)C(=S)NN)cc1C. The molecule has 0 heterocycles. The zero-order valence-corrected chi connectivity index (χ0v) is 9.44. The lowest BCUT2D eigenvalue weighted by molar-refractivity contribution is -0.110. The minimum Gasteiger partial charge on any atom is -0.320 e. The van der Waals surface area contributed by atoms with Crippen LogP contribution < -0.4 is 16.6 Å². The van der Waals surface area contributed by atoms with Crippen molar-refractivity contribution in [3.05, 3.63) is 29.3 Å². The van der Waals surface area contributed by atoms with Crippen molar-refractivity contribution in [2.45, 2.75) is 13.8 Å². The summed E-state index contributed by atoms with van der Waals surface area (Å²) in [6.07, 6.45) is 0. The summed E-state index contributed by atoms with van der Waals surface area (Å²) in [4.78, 5) is 11.3. The van der Waals surface area contributed by atoms with Crippen molar-refractivity contribution in [1.82, 2.24) is 5.43 Å². The molecule has 0 bridgehead atoms. The quantitative estimate of drug-likeness (QED) is 0.378. The van der Waals surface area contributed by atoms with Gasteiger partial charge in [-0.3, -0.25) is 4.79 Å². The van der Waals surface area contributed by atoms with E-state index in [1.54, 1.807) is 0 Å². The van der Waals surface area contributed by atoms with Crippen molar-refractivity contribution in [3.63, 3.8) is 0 Å². The lowest BCUT2D eigenvalue weighted by Gasteiger charge is -2.07. The second kappa shape index (κ2) is 4.86. The van der Waals surface area contributed by atoms with Gasteiger partial charge in [0.15, 0.2) is 4.99 Å². The third kappa shape index (κ3) is 3.00. The number of carbonyl (C=O) groups excluding carboxylic acids is 1. The molecule has 0 saturated carbocycles. The van der Waals surface area contributed by atoms with Crippen LogP contribution in [0, 0.1) is 13.8 Å². The number of benzene rings is 1. The lowest BCUT2D eigenvalue weighted by Crippen LogP contribution is -2.38. The number of hydrogen-bond acceptors (Lipinski definition) is 3. The molecule has 15 heavy (non-hydrogen) atoms. The van der Waals surface area contributed by atoms with Gasteiger partial charge in [-0.2, -0.15) is 0 Å². The zero-order valence-electron chi connectivity index (χ0n) is 8.63. The highest BCUT2D eigenvalue weighted by Crippen LogP contribution is 2.13. The molecule has 80 valence electrons. The molecule has 0 spiro atoms. The Morgan fingerprint density at radius 1 is 1.33 bits per heavy atom. The molecule has 0 aromatic heterocycles. The van der Waals surface area contributed by atoms with Gasteiger partial charge in [0, 0.05) is 5.69 Å². The molecule has 0 saturated heterocycles. The van der Waals surface area contributed by atoms with Crippen LogP contribution in [0.5, 0.6) is 0 Å². The Balaban J connectivity index is 2.77. The van der Waals surface area contributed by atoms with Gasteiger partial charge in [-0.1, -0.05) is 18.3 Å². The first-order valence-corrected chi connectivity index (χ1v) is 4.84. The smallest absolute Gasteiger partial charge is 0.284 e. The minimum absolute atomic E-state index is 0.0340. The van der Waals surface area contributed by atoms with Crippen molar-refractivity contribution in [3.8, 4) is 0 Å². The summed E-state index contributed by atoms with van der Waals surface area (Å²) >= 11 is 4.69. The second-order valence-corrected chi connectivity index (χ2v) is 3.63. The highest BCUT2D eigenvalue weighted by Gasteiger charge is 2.07. The highest BCUT2D eigenvalue weighted by molar-refractivity contribution is 7.82. The molecule has 0 radical (unpaired) electrons. The average molecular weight is 223 g/mol. The van der Waals surface area contributed by atoms with Gasteiger partial charge in [0.25, 0.3) is 5.91 Å². The topological polar surface area (TPSA) is 67.2 Å². The minimum atomic E-state index is -0.407. The molecule has 4 nitrogen and oxygen atoms in total. The van der Waals surface area contributed by atoms with E-state index in [4.69, 9.17) is 5.84 Å². The number of hydrazine groups is 1. The fraction of sp³-hybridized carbons (Fsp3) is 0.200. The first-order valence-electron chi connectivity index (χ1n) is 4.43. The van der Waals surface area contributed by atoms with Crippen LogP contribution in [0.2, 0.25) is 0 Å². The number of carbonyl (C=O) groups is 1. The number of rotatable bonds is 1. The molecule has 0 aliphatic carbocycles. The Morgan fingerprint density at radius 2 is 2.00 bits per heavy atom. The Morgan fingerprint density at radius 3 is 2.53 bits per heavy atom. The van der Waals surface area contributed by atoms with Crippen LogP contribution in [0.4, 0.5) is 5.69 Å². The monoisotopic (exact) mass is 223 g/mol. The summed E-state index contributed by atoms with van der Waals surface area (Å²) < 4.78 is 0. The van der Waals surface area contributed by atoms with E-state index in [9.17, 15) is 4.79 Å². The molecule has 1 rings (SSSR count). The Labute approximate surface area is 93.8 Å². The third-order valence-electron chi connectivity index (χ3n) is 2.10. The number of aryl methyl sites for hydroxylation is 2. The maximum absolute atomic E-state index is 11.3. The normalized spacial score (nSPS) is 9.53. The number of thiocarbonyl (C=S) groups is 1. The Hall–Kier alpha value is -1.46. The number of anilines is 1. The third-order valence-corrected chi connectivity index (χ3v) is 2.41. The van der Waals surface area contributed by atoms with E-state index in [-0.39, 0.29) is 4.99 Å². The van der Waals surface area contributed by atoms with Gasteiger partial charge in [0.05, 0.1) is 0 Å². The Bertz CT molecular complexity index is 404. The highest BCUT2D eigenvalue weighted by atomic mass is 32.1. The second-order valence-electron chi connectivity index (χ2n) is 3.23. The zero-order chi connectivity index (χ0) is 11.4. The molecule has 0 aliphatic heterocycles. The van der Waals surface area contributed by atoms with E-state index in [2.05, 4.69) is 23.0 Å². The fourth-order valence-electron chi connectivity index (χ4n) is 1.07. The van der Waals surface area contributed by atoms with Crippen LogP contribution in [0.25, 0.3) is 0 Å². The van der Waals surface area contributed by atoms with Crippen molar-refractivity contribution >= 4 is 28.8 Å². The maximum Gasteiger partial charge on any atom is 0.284 e. The predicted octanol–water partition coefficient (Wildman–Crippen LogP) is 1.03. The molecule has 1 aromatic carbocycles. The van der Waals surface area contributed by atoms with Gasteiger partial charge < -0.3 is 10.7 Å². The molecule has 1 amide bonds. The van der Waals surface area contributed by atoms with Crippen LogP contribution in [-0.4, -0.2) is 10.9 Å². The van der Waals surface area contributed by atoms with Crippen LogP contribution in [0.1, 0.15) is 11.1 Å². The summed E-state index contributed by atoms with van der Waals surface area (Å²) in [5.74, 6) is 4.62. The van der Waals surface area contributed by atoms with E-state index in [1.165, 1.54) is 5.56 Å². The molecule has 0 unspecified atom stereocenters. The van der Waals surface area contributed by atoms with E-state index < -0.39 is 5.91 Å². The molecule has 0 atom stereocenters. The first kappa shape index (κ1) is 11.6. The van der Waals surface area contributed by atoms with Gasteiger partial charge in [-0.05, 0) is 37.1 Å². The lowest BCUT2D eigenvalue weighted by atomic mass is 10.1. The van der Waals surface area contributed by atoms with Gasteiger partial charge in [-0.15, -0.1) is 0 Å². The average Bonchev–Trinajstić information content (AvgIpc) is 2.22. The molecule has 1 aromatic rings.